The summed E-state index contributed by atoms with van der Waals surface area (Å²) >= 11 is 0. The van der Waals surface area contributed by atoms with E-state index < -0.39 is 17.4 Å². The maximum absolute atomic E-state index is 12.5. The first-order valence-corrected chi connectivity index (χ1v) is 6.41. The van der Waals surface area contributed by atoms with E-state index in [2.05, 4.69) is 14.7 Å². The molecule has 2 heterocycles. The van der Waals surface area contributed by atoms with Gasteiger partial charge in [-0.25, -0.2) is 4.98 Å². The summed E-state index contributed by atoms with van der Waals surface area (Å²) in [5.74, 6) is -0.926. The summed E-state index contributed by atoms with van der Waals surface area (Å²) in [4.78, 5) is 43.4. The Morgan fingerprint density at radius 1 is 1.43 bits per heavy atom. The predicted molar refractivity (Wildman–Crippen MR) is 76.0 cm³/mol. The van der Waals surface area contributed by atoms with Crippen LogP contribution in [-0.4, -0.2) is 46.9 Å². The summed E-state index contributed by atoms with van der Waals surface area (Å²) < 4.78 is 4.57. The number of nitrogens with one attached hydrogen (secondary N) is 1. The molecule has 2 aromatic heterocycles. The fourth-order valence-electron chi connectivity index (χ4n) is 1.98. The summed E-state index contributed by atoms with van der Waals surface area (Å²) in [5, 5.41) is 0.533. The number of likely N-dealkylation sites (N-methyl/N-ethyl adjacent to an activating group) is 1. The SMILES string of the molecule is CCN(CC(=O)OC)C(=O)c1cc(=O)[nH]c2ncccc12. The molecule has 0 unspecified atom stereocenters. The Morgan fingerprint density at radius 2 is 2.19 bits per heavy atom. The lowest BCUT2D eigenvalue weighted by Crippen LogP contribution is -2.36. The fraction of sp³-hybridized carbons (Fsp3) is 0.286. The minimum atomic E-state index is -0.516. The van der Waals surface area contributed by atoms with Crippen molar-refractivity contribution < 1.29 is 14.3 Å². The van der Waals surface area contributed by atoms with Gasteiger partial charge in [-0.15, -0.1) is 0 Å². The molecule has 1 N–H and O–H groups in total. The molecule has 0 bridgehead atoms. The third-order valence-corrected chi connectivity index (χ3v) is 3.06. The Labute approximate surface area is 120 Å². The third-order valence-electron chi connectivity index (χ3n) is 3.06. The molecule has 21 heavy (non-hydrogen) atoms. The van der Waals surface area contributed by atoms with Gasteiger partial charge >= 0.3 is 5.97 Å². The quantitative estimate of drug-likeness (QED) is 0.830. The van der Waals surface area contributed by atoms with Crippen LogP contribution in [0.3, 0.4) is 0 Å². The molecule has 0 fully saturated rings. The second kappa shape index (κ2) is 6.17. The summed E-state index contributed by atoms with van der Waals surface area (Å²) in [7, 11) is 1.26. The van der Waals surface area contributed by atoms with Crippen LogP contribution in [0.5, 0.6) is 0 Å². The number of H-pyrrole nitrogens is 1. The van der Waals surface area contributed by atoms with Crippen molar-refractivity contribution in [3.63, 3.8) is 0 Å². The van der Waals surface area contributed by atoms with E-state index in [1.807, 2.05) is 0 Å². The van der Waals surface area contributed by atoms with E-state index in [1.165, 1.54) is 24.3 Å². The Balaban J connectivity index is 2.47. The van der Waals surface area contributed by atoms with Gasteiger partial charge in [-0.2, -0.15) is 0 Å². The number of pyridine rings is 2. The summed E-state index contributed by atoms with van der Waals surface area (Å²) in [5.41, 5.74) is 0.133. The van der Waals surface area contributed by atoms with Crippen LogP contribution in [0, 0.1) is 0 Å². The highest BCUT2D eigenvalue weighted by Gasteiger charge is 2.20. The molecule has 0 spiro atoms. The van der Waals surface area contributed by atoms with Crippen LogP contribution in [0.15, 0.2) is 29.2 Å². The molecule has 0 saturated carbocycles. The minimum absolute atomic E-state index is 0.166. The highest BCUT2D eigenvalue weighted by molar-refractivity contribution is 6.05. The van der Waals surface area contributed by atoms with Crippen molar-refractivity contribution >= 4 is 22.9 Å². The maximum Gasteiger partial charge on any atom is 0.325 e. The molecule has 0 aromatic carbocycles. The van der Waals surface area contributed by atoms with Crippen molar-refractivity contribution in [2.75, 3.05) is 20.2 Å². The van der Waals surface area contributed by atoms with Gasteiger partial charge < -0.3 is 14.6 Å². The van der Waals surface area contributed by atoms with Gasteiger partial charge in [-0.3, -0.25) is 14.4 Å². The molecule has 0 atom stereocenters. The lowest BCUT2D eigenvalue weighted by molar-refractivity contribution is -0.141. The number of carbonyl (C=O) groups excluding carboxylic acids is 2. The third kappa shape index (κ3) is 3.07. The van der Waals surface area contributed by atoms with E-state index in [-0.39, 0.29) is 12.1 Å². The van der Waals surface area contributed by atoms with E-state index in [0.717, 1.165) is 0 Å². The number of fused-ring (bicyclic) bond motifs is 1. The van der Waals surface area contributed by atoms with E-state index >= 15 is 0 Å². The molecule has 110 valence electrons. The van der Waals surface area contributed by atoms with E-state index in [9.17, 15) is 14.4 Å². The highest BCUT2D eigenvalue weighted by Crippen LogP contribution is 2.14. The number of aromatic nitrogens is 2. The van der Waals surface area contributed by atoms with Gasteiger partial charge in [-0.05, 0) is 19.1 Å². The van der Waals surface area contributed by atoms with Gasteiger partial charge in [-0.1, -0.05) is 0 Å². The van der Waals surface area contributed by atoms with Gasteiger partial charge in [0, 0.05) is 24.2 Å². The topological polar surface area (TPSA) is 92.4 Å². The van der Waals surface area contributed by atoms with Gasteiger partial charge in [0.1, 0.15) is 12.2 Å². The molecular formula is C14H15N3O4. The van der Waals surface area contributed by atoms with Crippen molar-refractivity contribution in [3.8, 4) is 0 Å². The number of hydrogen-bond acceptors (Lipinski definition) is 5. The first-order valence-electron chi connectivity index (χ1n) is 6.41. The number of carbonyl (C=O) groups is 2. The number of nitrogens with zero attached hydrogens (tertiary/aromatic N) is 2. The number of esters is 1. The number of hydrogen-bond donors (Lipinski definition) is 1. The molecule has 7 heteroatoms. The molecule has 0 aliphatic heterocycles. The van der Waals surface area contributed by atoms with Crippen LogP contribution < -0.4 is 5.56 Å². The monoisotopic (exact) mass is 289 g/mol. The van der Waals surface area contributed by atoms with E-state index in [4.69, 9.17) is 0 Å². The standard InChI is InChI=1S/C14H15N3O4/c1-3-17(8-12(19)21-2)14(20)10-7-11(18)16-13-9(10)5-4-6-15-13/h4-7H,3,8H2,1-2H3,(H,15,16,18). The van der Waals surface area contributed by atoms with Crippen molar-refractivity contribution in [1.29, 1.82) is 0 Å². The number of aromatic amines is 1. The van der Waals surface area contributed by atoms with E-state index in [0.29, 0.717) is 17.6 Å². The normalized spacial score (nSPS) is 10.4. The Hall–Kier alpha value is -2.70. The van der Waals surface area contributed by atoms with Crippen molar-refractivity contribution in [2.45, 2.75) is 6.92 Å². The average Bonchev–Trinajstić information content (AvgIpc) is 2.50. The van der Waals surface area contributed by atoms with Crippen LogP contribution in [0.2, 0.25) is 0 Å². The largest absolute Gasteiger partial charge is 0.468 e. The lowest BCUT2D eigenvalue weighted by Gasteiger charge is -2.20. The van der Waals surface area contributed by atoms with Gasteiger partial charge in [0.05, 0.1) is 12.7 Å². The van der Waals surface area contributed by atoms with Gasteiger partial charge in [0.25, 0.3) is 5.91 Å². The molecule has 0 radical (unpaired) electrons. The molecule has 0 aliphatic carbocycles. The molecule has 0 saturated heterocycles. The smallest absolute Gasteiger partial charge is 0.325 e. The maximum atomic E-state index is 12.5. The van der Waals surface area contributed by atoms with Crippen molar-refractivity contribution in [1.82, 2.24) is 14.9 Å². The first-order chi connectivity index (χ1) is 10.1. The summed E-state index contributed by atoms with van der Waals surface area (Å²) in [6.45, 7) is 1.90. The first kappa shape index (κ1) is 14.7. The zero-order valence-corrected chi connectivity index (χ0v) is 11.8. The van der Waals surface area contributed by atoms with E-state index in [1.54, 1.807) is 19.1 Å². The summed E-state index contributed by atoms with van der Waals surface area (Å²) in [6.07, 6.45) is 1.53. The van der Waals surface area contributed by atoms with Crippen molar-refractivity contribution in [2.24, 2.45) is 0 Å². The number of amides is 1. The van der Waals surface area contributed by atoms with Crippen LogP contribution >= 0.6 is 0 Å². The lowest BCUT2D eigenvalue weighted by atomic mass is 10.1. The van der Waals surface area contributed by atoms with Gasteiger partial charge in [0.15, 0.2) is 0 Å². The van der Waals surface area contributed by atoms with Crippen LogP contribution in [0.1, 0.15) is 17.3 Å². The highest BCUT2D eigenvalue weighted by atomic mass is 16.5. The Kier molecular flexibility index (Phi) is 4.32. The Morgan fingerprint density at radius 3 is 2.86 bits per heavy atom. The van der Waals surface area contributed by atoms with Crippen LogP contribution in [-0.2, 0) is 9.53 Å². The fourth-order valence-corrected chi connectivity index (χ4v) is 1.98. The summed E-state index contributed by atoms with van der Waals surface area (Å²) in [6, 6.07) is 4.58. The average molecular weight is 289 g/mol. The van der Waals surface area contributed by atoms with Gasteiger partial charge in [0.2, 0.25) is 5.56 Å². The predicted octanol–water partition coefficient (Wildman–Crippen LogP) is 0.558. The van der Waals surface area contributed by atoms with Crippen molar-refractivity contribution in [3.05, 3.63) is 40.3 Å². The number of methoxy groups -OCH3 is 1. The zero-order chi connectivity index (χ0) is 15.4. The number of ether oxygens (including phenoxy) is 1. The van der Waals surface area contributed by atoms with Crippen LogP contribution in [0.4, 0.5) is 0 Å². The molecule has 2 aromatic rings. The second-order valence-corrected chi connectivity index (χ2v) is 4.34. The molecular weight excluding hydrogens is 274 g/mol. The molecule has 7 nitrogen and oxygen atoms in total. The number of rotatable bonds is 4. The molecule has 2 rings (SSSR count). The second-order valence-electron chi connectivity index (χ2n) is 4.34. The molecule has 0 aliphatic rings. The Bertz CT molecular complexity index is 738. The molecule has 1 amide bonds. The minimum Gasteiger partial charge on any atom is -0.468 e. The zero-order valence-electron chi connectivity index (χ0n) is 11.8. The van der Waals surface area contributed by atoms with Crippen LogP contribution in [0.25, 0.3) is 11.0 Å².